The second-order valence-corrected chi connectivity index (χ2v) is 6.96. The van der Waals surface area contributed by atoms with E-state index in [-0.39, 0.29) is 5.91 Å². The van der Waals surface area contributed by atoms with Crippen molar-refractivity contribution in [3.63, 3.8) is 0 Å². The number of carbonyl (C=O) groups is 1. The molecule has 4 nitrogen and oxygen atoms in total. The number of amides is 1. The molecule has 26 heavy (non-hydrogen) atoms. The number of pyridine rings is 1. The fourth-order valence-electron chi connectivity index (χ4n) is 3.59. The van der Waals surface area contributed by atoms with E-state index in [0.29, 0.717) is 0 Å². The average molecular weight is 345 g/mol. The third kappa shape index (κ3) is 3.15. The Bertz CT molecular complexity index is 959. The maximum absolute atomic E-state index is 12.7. The molecule has 132 valence electrons. The molecule has 0 aliphatic carbocycles. The van der Waals surface area contributed by atoms with Gasteiger partial charge in [-0.1, -0.05) is 35.9 Å². The molecule has 0 N–H and O–H groups in total. The number of nitrogens with zero attached hydrogens (tertiary/aromatic N) is 3. The molecule has 0 unspecified atom stereocenters. The van der Waals surface area contributed by atoms with Gasteiger partial charge in [0.2, 0.25) is 0 Å². The van der Waals surface area contributed by atoms with Gasteiger partial charge in [-0.05, 0) is 43.7 Å². The molecule has 4 heteroatoms. The monoisotopic (exact) mass is 345 g/mol. The maximum Gasteiger partial charge on any atom is 0.253 e. The standard InChI is InChI=1S/C22H23N3O/c1-16-6-5-7-18(14-16)22(26)25-12-10-24(11-13-25)21-15-17(2)19-8-3-4-9-20(19)23-21/h3-9,14-15H,10-13H2,1-2H3. The van der Waals surface area contributed by atoms with E-state index >= 15 is 0 Å². The van der Waals surface area contributed by atoms with Crippen molar-refractivity contribution in [3.8, 4) is 0 Å². The maximum atomic E-state index is 12.7. The van der Waals surface area contributed by atoms with Crippen LogP contribution in [0.3, 0.4) is 0 Å². The quantitative estimate of drug-likeness (QED) is 0.708. The molecule has 1 aliphatic rings. The SMILES string of the molecule is Cc1cccc(C(=O)N2CCN(c3cc(C)c4ccccc4n3)CC2)c1. The molecule has 0 bridgehead atoms. The second kappa shape index (κ2) is 6.79. The first-order valence-electron chi connectivity index (χ1n) is 9.09. The number of fused-ring (bicyclic) bond motifs is 1. The molecule has 0 spiro atoms. The van der Waals surface area contributed by atoms with Crippen molar-refractivity contribution < 1.29 is 4.79 Å². The van der Waals surface area contributed by atoms with Gasteiger partial charge >= 0.3 is 0 Å². The molecule has 1 saturated heterocycles. The summed E-state index contributed by atoms with van der Waals surface area (Å²) in [6, 6.07) is 18.2. The lowest BCUT2D eigenvalue weighted by Gasteiger charge is -2.35. The largest absolute Gasteiger partial charge is 0.353 e. The van der Waals surface area contributed by atoms with Gasteiger partial charge in [-0.25, -0.2) is 4.98 Å². The van der Waals surface area contributed by atoms with Gasteiger partial charge in [0.1, 0.15) is 5.82 Å². The number of rotatable bonds is 2. The summed E-state index contributed by atoms with van der Waals surface area (Å²) in [7, 11) is 0. The van der Waals surface area contributed by atoms with E-state index in [9.17, 15) is 4.79 Å². The predicted molar refractivity (Wildman–Crippen MR) is 106 cm³/mol. The minimum atomic E-state index is 0.121. The van der Waals surface area contributed by atoms with Crippen LogP contribution in [-0.4, -0.2) is 42.0 Å². The van der Waals surface area contributed by atoms with Gasteiger partial charge in [0, 0.05) is 37.1 Å². The summed E-state index contributed by atoms with van der Waals surface area (Å²) < 4.78 is 0. The molecule has 2 aromatic carbocycles. The topological polar surface area (TPSA) is 36.4 Å². The smallest absolute Gasteiger partial charge is 0.253 e. The average Bonchev–Trinajstić information content (AvgIpc) is 2.67. The molecular weight excluding hydrogens is 322 g/mol. The highest BCUT2D eigenvalue weighted by Crippen LogP contribution is 2.23. The lowest BCUT2D eigenvalue weighted by atomic mass is 10.1. The highest BCUT2D eigenvalue weighted by molar-refractivity contribution is 5.94. The number of hydrogen-bond acceptors (Lipinski definition) is 3. The van der Waals surface area contributed by atoms with E-state index in [4.69, 9.17) is 4.98 Å². The third-order valence-electron chi connectivity index (χ3n) is 5.07. The van der Waals surface area contributed by atoms with Crippen LogP contribution in [0.25, 0.3) is 10.9 Å². The number of aromatic nitrogens is 1. The number of hydrogen-bond donors (Lipinski definition) is 0. The summed E-state index contributed by atoms with van der Waals surface area (Å²) in [5.74, 6) is 1.12. The van der Waals surface area contributed by atoms with E-state index in [1.807, 2.05) is 48.2 Å². The van der Waals surface area contributed by atoms with Gasteiger partial charge in [0.05, 0.1) is 5.52 Å². The van der Waals surface area contributed by atoms with Crippen molar-refractivity contribution >= 4 is 22.6 Å². The van der Waals surface area contributed by atoms with Crippen LogP contribution in [0.15, 0.2) is 54.6 Å². The number of anilines is 1. The minimum Gasteiger partial charge on any atom is -0.353 e. The molecule has 1 aliphatic heterocycles. The molecular formula is C22H23N3O. The van der Waals surface area contributed by atoms with E-state index in [1.54, 1.807) is 0 Å². The van der Waals surface area contributed by atoms with Crippen LogP contribution in [0.5, 0.6) is 0 Å². The van der Waals surface area contributed by atoms with E-state index < -0.39 is 0 Å². The van der Waals surface area contributed by atoms with Gasteiger partial charge in [0.15, 0.2) is 0 Å². The Labute approximate surface area is 154 Å². The van der Waals surface area contributed by atoms with Crippen molar-refractivity contribution in [1.82, 2.24) is 9.88 Å². The van der Waals surface area contributed by atoms with Crippen LogP contribution in [0.2, 0.25) is 0 Å². The Kier molecular flexibility index (Phi) is 4.33. The first kappa shape index (κ1) is 16.6. The Hall–Kier alpha value is -2.88. The molecule has 1 fully saturated rings. The number of aryl methyl sites for hydroxylation is 2. The van der Waals surface area contributed by atoms with Gasteiger partial charge in [-0.2, -0.15) is 0 Å². The highest BCUT2D eigenvalue weighted by Gasteiger charge is 2.23. The molecule has 1 aromatic heterocycles. The van der Waals surface area contributed by atoms with Crippen molar-refractivity contribution in [2.24, 2.45) is 0 Å². The first-order valence-corrected chi connectivity index (χ1v) is 9.09. The fraction of sp³-hybridized carbons (Fsp3) is 0.273. The van der Waals surface area contributed by atoms with Crippen LogP contribution in [-0.2, 0) is 0 Å². The van der Waals surface area contributed by atoms with Gasteiger partial charge in [-0.3, -0.25) is 4.79 Å². The Morgan fingerprint density at radius 2 is 1.69 bits per heavy atom. The van der Waals surface area contributed by atoms with Crippen LogP contribution < -0.4 is 4.90 Å². The van der Waals surface area contributed by atoms with Gasteiger partial charge in [0.25, 0.3) is 5.91 Å². The van der Waals surface area contributed by atoms with E-state index in [0.717, 1.165) is 48.6 Å². The Morgan fingerprint density at radius 1 is 0.923 bits per heavy atom. The Morgan fingerprint density at radius 3 is 2.46 bits per heavy atom. The lowest BCUT2D eigenvalue weighted by molar-refractivity contribution is 0.0746. The molecule has 2 heterocycles. The summed E-state index contributed by atoms with van der Waals surface area (Å²) in [4.78, 5) is 21.8. The highest BCUT2D eigenvalue weighted by atomic mass is 16.2. The molecule has 0 atom stereocenters. The Balaban J connectivity index is 1.49. The number of piperazine rings is 1. The van der Waals surface area contributed by atoms with Crippen molar-refractivity contribution in [2.75, 3.05) is 31.1 Å². The van der Waals surface area contributed by atoms with Crippen LogP contribution in [0.1, 0.15) is 21.5 Å². The number of para-hydroxylation sites is 1. The van der Waals surface area contributed by atoms with Gasteiger partial charge in [-0.15, -0.1) is 0 Å². The zero-order valence-corrected chi connectivity index (χ0v) is 15.3. The molecule has 1 amide bonds. The van der Waals surface area contributed by atoms with Crippen LogP contribution >= 0.6 is 0 Å². The zero-order chi connectivity index (χ0) is 18.1. The summed E-state index contributed by atoms with van der Waals surface area (Å²) in [6.45, 7) is 7.21. The summed E-state index contributed by atoms with van der Waals surface area (Å²) >= 11 is 0. The van der Waals surface area contributed by atoms with E-state index in [2.05, 4.69) is 30.0 Å². The molecule has 3 aromatic rings. The molecule has 0 saturated carbocycles. The van der Waals surface area contributed by atoms with Gasteiger partial charge < -0.3 is 9.80 Å². The summed E-state index contributed by atoms with van der Waals surface area (Å²) in [6.07, 6.45) is 0. The summed E-state index contributed by atoms with van der Waals surface area (Å²) in [5, 5.41) is 1.20. The zero-order valence-electron chi connectivity index (χ0n) is 15.3. The van der Waals surface area contributed by atoms with Crippen molar-refractivity contribution in [1.29, 1.82) is 0 Å². The number of carbonyl (C=O) groups excluding carboxylic acids is 1. The van der Waals surface area contributed by atoms with Crippen molar-refractivity contribution in [3.05, 3.63) is 71.3 Å². The predicted octanol–water partition coefficient (Wildman–Crippen LogP) is 3.81. The number of benzene rings is 2. The van der Waals surface area contributed by atoms with E-state index in [1.165, 1.54) is 10.9 Å². The first-order chi connectivity index (χ1) is 12.6. The lowest BCUT2D eigenvalue weighted by Crippen LogP contribution is -2.49. The fourth-order valence-corrected chi connectivity index (χ4v) is 3.59. The normalized spacial score (nSPS) is 14.7. The van der Waals surface area contributed by atoms with Crippen molar-refractivity contribution in [2.45, 2.75) is 13.8 Å². The second-order valence-electron chi connectivity index (χ2n) is 6.96. The van der Waals surface area contributed by atoms with Crippen LogP contribution in [0.4, 0.5) is 5.82 Å². The third-order valence-corrected chi connectivity index (χ3v) is 5.07. The minimum absolute atomic E-state index is 0.121. The summed E-state index contributed by atoms with van der Waals surface area (Å²) in [5.41, 5.74) is 4.16. The molecule has 0 radical (unpaired) electrons. The van der Waals surface area contributed by atoms with Crippen LogP contribution in [0, 0.1) is 13.8 Å². The molecule has 4 rings (SSSR count).